The van der Waals surface area contributed by atoms with Gasteiger partial charge in [0, 0.05) is 32.8 Å². The van der Waals surface area contributed by atoms with E-state index in [0.29, 0.717) is 21.3 Å². The van der Waals surface area contributed by atoms with Crippen LogP contribution in [0.15, 0.2) is 77.7 Å². The van der Waals surface area contributed by atoms with Gasteiger partial charge in [0.15, 0.2) is 0 Å². The van der Waals surface area contributed by atoms with Gasteiger partial charge >= 0.3 is 0 Å². The summed E-state index contributed by atoms with van der Waals surface area (Å²) in [5.74, 6) is -1.02. The van der Waals surface area contributed by atoms with Crippen LogP contribution < -0.4 is 9.62 Å². The van der Waals surface area contributed by atoms with Crippen LogP contribution in [0.25, 0.3) is 0 Å². The molecule has 1 atom stereocenters. The van der Waals surface area contributed by atoms with Gasteiger partial charge in [-0.3, -0.25) is 13.9 Å². The van der Waals surface area contributed by atoms with Crippen molar-refractivity contribution in [3.63, 3.8) is 0 Å². The summed E-state index contributed by atoms with van der Waals surface area (Å²) in [6.07, 6.45) is 0. The number of hydrogen-bond acceptors (Lipinski definition) is 4. The van der Waals surface area contributed by atoms with Crippen LogP contribution >= 0.6 is 45.8 Å². The average molecular weight is 660 g/mol. The second kappa shape index (κ2) is 12.3. The van der Waals surface area contributed by atoms with Crippen molar-refractivity contribution < 1.29 is 18.0 Å². The van der Waals surface area contributed by atoms with Gasteiger partial charge in [-0.2, -0.15) is 0 Å². The highest BCUT2D eigenvalue weighted by Gasteiger charge is 2.32. The summed E-state index contributed by atoms with van der Waals surface area (Å²) in [5.41, 5.74) is 0.771. The molecule has 0 bridgehead atoms. The summed E-state index contributed by atoms with van der Waals surface area (Å²) in [4.78, 5) is 27.5. The largest absolute Gasteiger partial charge is 0.357 e. The second-order valence-electron chi connectivity index (χ2n) is 7.81. The first kappa shape index (κ1) is 28.2. The van der Waals surface area contributed by atoms with Gasteiger partial charge in [0.25, 0.3) is 10.0 Å². The molecule has 3 aromatic rings. The number of halogens is 3. The fourth-order valence-corrected chi connectivity index (χ4v) is 5.81. The molecule has 1 N–H and O–H groups in total. The van der Waals surface area contributed by atoms with Crippen molar-refractivity contribution in [2.75, 3.05) is 17.9 Å². The zero-order chi connectivity index (χ0) is 26.5. The Morgan fingerprint density at radius 2 is 1.53 bits per heavy atom. The molecular formula is C25H24Cl2IN3O4S. The highest BCUT2D eigenvalue weighted by Crippen LogP contribution is 2.28. The van der Waals surface area contributed by atoms with Crippen LogP contribution in [0.5, 0.6) is 0 Å². The molecule has 3 rings (SSSR count). The number of sulfonamides is 1. The molecule has 0 saturated carbocycles. The van der Waals surface area contributed by atoms with Crippen LogP contribution in [0.3, 0.4) is 0 Å². The van der Waals surface area contributed by atoms with E-state index in [9.17, 15) is 18.0 Å². The third-order valence-corrected chi connectivity index (χ3v) is 8.74. The molecule has 0 aliphatic rings. The highest BCUT2D eigenvalue weighted by molar-refractivity contribution is 14.1. The summed E-state index contributed by atoms with van der Waals surface area (Å²) in [6.45, 7) is 0.932. The first-order chi connectivity index (χ1) is 17.1. The van der Waals surface area contributed by atoms with Gasteiger partial charge in [-0.25, -0.2) is 8.42 Å². The quantitative estimate of drug-likeness (QED) is 0.329. The van der Waals surface area contributed by atoms with E-state index in [2.05, 4.69) is 27.9 Å². The lowest BCUT2D eigenvalue weighted by Gasteiger charge is -2.32. The van der Waals surface area contributed by atoms with Crippen LogP contribution in [0.2, 0.25) is 10.0 Å². The molecule has 0 spiro atoms. The van der Waals surface area contributed by atoms with Crippen molar-refractivity contribution in [3.8, 4) is 0 Å². The van der Waals surface area contributed by atoms with Crippen molar-refractivity contribution in [1.29, 1.82) is 0 Å². The van der Waals surface area contributed by atoms with E-state index in [1.54, 1.807) is 67.6 Å². The van der Waals surface area contributed by atoms with Gasteiger partial charge in [0.2, 0.25) is 11.8 Å². The number of nitrogens with one attached hydrogen (secondary N) is 1. The zero-order valence-electron chi connectivity index (χ0n) is 19.5. The van der Waals surface area contributed by atoms with Crippen LogP contribution in [0, 0.1) is 3.57 Å². The molecule has 0 aliphatic heterocycles. The van der Waals surface area contributed by atoms with Gasteiger partial charge in [-0.15, -0.1) is 0 Å². The van der Waals surface area contributed by atoms with E-state index in [1.165, 1.54) is 24.1 Å². The maximum atomic E-state index is 13.7. The molecule has 0 heterocycles. The molecule has 11 heteroatoms. The molecule has 190 valence electrons. The van der Waals surface area contributed by atoms with E-state index in [0.717, 1.165) is 7.88 Å². The third kappa shape index (κ3) is 6.50. The van der Waals surface area contributed by atoms with Crippen molar-refractivity contribution in [3.05, 3.63) is 92.0 Å². The number of amides is 2. The Morgan fingerprint density at radius 3 is 2.08 bits per heavy atom. The molecule has 0 unspecified atom stereocenters. The second-order valence-corrected chi connectivity index (χ2v) is 11.7. The predicted molar refractivity (Wildman–Crippen MR) is 151 cm³/mol. The predicted octanol–water partition coefficient (Wildman–Crippen LogP) is 4.96. The molecule has 0 fully saturated rings. The van der Waals surface area contributed by atoms with Crippen LogP contribution in [-0.2, 0) is 26.2 Å². The molecule has 7 nitrogen and oxygen atoms in total. The summed E-state index contributed by atoms with van der Waals surface area (Å²) in [6, 6.07) is 18.6. The number of rotatable bonds is 9. The van der Waals surface area contributed by atoms with Gasteiger partial charge in [0.1, 0.15) is 12.6 Å². The maximum absolute atomic E-state index is 13.7. The molecule has 0 saturated heterocycles. The van der Waals surface area contributed by atoms with E-state index < -0.39 is 34.4 Å². The van der Waals surface area contributed by atoms with E-state index in [-0.39, 0.29) is 11.4 Å². The molecular weight excluding hydrogens is 636 g/mol. The van der Waals surface area contributed by atoms with Crippen LogP contribution in [0.4, 0.5) is 5.69 Å². The minimum absolute atomic E-state index is 0.0383. The van der Waals surface area contributed by atoms with Crippen LogP contribution in [0.1, 0.15) is 12.5 Å². The fraction of sp³-hybridized carbons (Fsp3) is 0.200. The van der Waals surface area contributed by atoms with Gasteiger partial charge in [-0.1, -0.05) is 47.5 Å². The normalized spacial score (nSPS) is 12.0. The minimum atomic E-state index is -4.11. The van der Waals surface area contributed by atoms with Gasteiger partial charge < -0.3 is 10.2 Å². The number of anilines is 1. The Labute approximate surface area is 234 Å². The number of carbonyl (C=O) groups excluding carboxylic acids is 2. The SMILES string of the molecule is CNC(=O)[C@@H](C)N(Cc1c(Cl)cccc1Cl)C(=O)CN(c1ccc(I)cc1)S(=O)(=O)c1ccccc1. The molecule has 2 amide bonds. The molecule has 3 aromatic carbocycles. The van der Waals surface area contributed by atoms with E-state index in [4.69, 9.17) is 23.2 Å². The number of carbonyl (C=O) groups is 2. The Kier molecular flexibility index (Phi) is 9.62. The van der Waals surface area contributed by atoms with Crippen LogP contribution in [-0.4, -0.2) is 44.8 Å². The number of likely N-dealkylation sites (N-methyl/N-ethyl adjacent to an activating group) is 1. The first-order valence-corrected chi connectivity index (χ1v) is 14.1. The summed E-state index contributed by atoms with van der Waals surface area (Å²) in [7, 11) is -2.65. The topological polar surface area (TPSA) is 86.8 Å². The summed E-state index contributed by atoms with van der Waals surface area (Å²) in [5, 5.41) is 3.19. The Morgan fingerprint density at radius 1 is 0.944 bits per heavy atom. The third-order valence-electron chi connectivity index (χ3n) is 5.53. The summed E-state index contributed by atoms with van der Waals surface area (Å²) >= 11 is 14.8. The number of benzene rings is 3. The average Bonchev–Trinajstić information content (AvgIpc) is 2.87. The first-order valence-electron chi connectivity index (χ1n) is 10.8. The van der Waals surface area contributed by atoms with Crippen molar-refractivity contribution in [2.24, 2.45) is 0 Å². The molecule has 0 radical (unpaired) electrons. The van der Waals surface area contributed by atoms with Gasteiger partial charge in [-0.05, 0) is 78.0 Å². The monoisotopic (exact) mass is 659 g/mol. The minimum Gasteiger partial charge on any atom is -0.357 e. The highest BCUT2D eigenvalue weighted by atomic mass is 127. The lowest BCUT2D eigenvalue weighted by atomic mass is 10.1. The lowest BCUT2D eigenvalue weighted by Crippen LogP contribution is -2.50. The number of hydrogen-bond donors (Lipinski definition) is 1. The molecule has 0 aromatic heterocycles. The van der Waals surface area contributed by atoms with Crippen molar-refractivity contribution in [2.45, 2.75) is 24.4 Å². The number of nitrogens with zero attached hydrogens (tertiary/aromatic N) is 2. The van der Waals surface area contributed by atoms with Gasteiger partial charge in [0.05, 0.1) is 10.6 Å². The van der Waals surface area contributed by atoms with E-state index >= 15 is 0 Å². The Hall–Kier alpha value is -2.34. The van der Waals surface area contributed by atoms with Crippen molar-refractivity contribution >= 4 is 73.3 Å². The summed E-state index contributed by atoms with van der Waals surface area (Å²) < 4.78 is 29.2. The Balaban J connectivity index is 2.05. The zero-order valence-corrected chi connectivity index (χ0v) is 24.0. The fourth-order valence-electron chi connectivity index (χ4n) is 3.50. The molecule has 0 aliphatic carbocycles. The standard InChI is InChI=1S/C25H24Cl2IN3O4S/c1-17(25(33)29-2)30(15-21-22(26)9-6-10-23(21)27)24(32)16-31(19-13-11-18(28)12-14-19)36(34,35)20-7-4-3-5-8-20/h3-14,17H,15-16H2,1-2H3,(H,29,33)/t17-/m1/s1. The lowest BCUT2D eigenvalue weighted by molar-refractivity contribution is -0.139. The Bertz CT molecular complexity index is 1320. The molecule has 36 heavy (non-hydrogen) atoms. The maximum Gasteiger partial charge on any atom is 0.264 e. The van der Waals surface area contributed by atoms with Crippen molar-refractivity contribution in [1.82, 2.24) is 10.2 Å². The van der Waals surface area contributed by atoms with E-state index in [1.807, 2.05) is 0 Å². The smallest absolute Gasteiger partial charge is 0.264 e.